The van der Waals surface area contributed by atoms with Gasteiger partial charge >= 0.3 is 0 Å². The number of rotatable bonds is 13. The first-order valence-corrected chi connectivity index (χ1v) is 9.42. The lowest BCUT2D eigenvalue weighted by Crippen LogP contribution is -2.27. The van der Waals surface area contributed by atoms with Gasteiger partial charge in [-0.1, -0.05) is 78.4 Å². The topological polar surface area (TPSA) is 23.5 Å². The van der Waals surface area contributed by atoms with Crippen molar-refractivity contribution < 1.29 is 5.11 Å². The lowest BCUT2D eigenvalue weighted by Gasteiger charge is -2.21. The van der Waals surface area contributed by atoms with E-state index in [9.17, 15) is 5.11 Å². The first-order chi connectivity index (χ1) is 10.4. The van der Waals surface area contributed by atoms with Crippen molar-refractivity contribution in [3.8, 4) is 0 Å². The van der Waals surface area contributed by atoms with Crippen LogP contribution in [-0.4, -0.2) is 35.0 Å². The molecule has 0 amide bonds. The minimum absolute atomic E-state index is 0.249. The number of hydrogen-bond donors (Lipinski definition) is 1. The summed E-state index contributed by atoms with van der Waals surface area (Å²) in [5.41, 5.74) is 1.33. The summed E-state index contributed by atoms with van der Waals surface area (Å²) in [6.07, 6.45) is 9.30. The predicted molar refractivity (Wildman–Crippen MR) is 94.9 cm³/mol. The first-order valence-electron chi connectivity index (χ1n) is 8.30. The van der Waals surface area contributed by atoms with Crippen molar-refractivity contribution in [3.63, 3.8) is 0 Å². The molecule has 1 rings (SSSR count). The zero-order valence-electron chi connectivity index (χ0n) is 13.1. The third-order valence-corrected chi connectivity index (χ3v) is 4.33. The number of halogens is 1. The van der Waals surface area contributed by atoms with Crippen LogP contribution in [0.3, 0.4) is 0 Å². The highest BCUT2D eigenvalue weighted by atomic mass is 79.9. The maximum Gasteiger partial charge on any atom is 0.0558 e. The summed E-state index contributed by atoms with van der Waals surface area (Å²) < 4.78 is 0. The molecule has 0 unspecified atom stereocenters. The zero-order chi connectivity index (χ0) is 15.2. The van der Waals surface area contributed by atoms with Crippen LogP contribution < -0.4 is 0 Å². The summed E-state index contributed by atoms with van der Waals surface area (Å²) in [7, 11) is 0. The lowest BCUT2D eigenvalue weighted by atomic mass is 10.1. The molecule has 3 heteroatoms. The zero-order valence-corrected chi connectivity index (χ0v) is 14.7. The molecule has 1 N–H and O–H groups in total. The third kappa shape index (κ3) is 10.0. The lowest BCUT2D eigenvalue weighted by molar-refractivity contribution is 0.187. The predicted octanol–water partition coefficient (Wildman–Crippen LogP) is 4.61. The summed E-state index contributed by atoms with van der Waals surface area (Å²) in [5.74, 6) is 0. The number of alkyl halides is 1. The van der Waals surface area contributed by atoms with E-state index in [1.165, 1.54) is 50.5 Å². The van der Waals surface area contributed by atoms with Crippen LogP contribution in [0.2, 0.25) is 0 Å². The van der Waals surface area contributed by atoms with E-state index in [-0.39, 0.29) is 6.61 Å². The van der Waals surface area contributed by atoms with Crippen molar-refractivity contribution in [2.75, 3.05) is 25.0 Å². The molecule has 0 atom stereocenters. The highest BCUT2D eigenvalue weighted by Gasteiger charge is 2.04. The number of aliphatic hydroxyl groups excluding tert-OH is 1. The SMILES string of the molecule is OCCN(CCCCCCCCCBr)Cc1ccccc1. The Bertz CT molecular complexity index is 331. The van der Waals surface area contributed by atoms with Gasteiger partial charge in [0.25, 0.3) is 0 Å². The number of benzene rings is 1. The standard InChI is InChI=1S/C18H30BrNO/c19-13-9-4-2-1-3-5-10-14-20(15-16-21)17-18-11-7-6-8-12-18/h6-8,11-12,21H,1-5,9-10,13-17H2. The van der Waals surface area contributed by atoms with Crippen LogP contribution in [0.25, 0.3) is 0 Å². The van der Waals surface area contributed by atoms with Crippen LogP contribution in [-0.2, 0) is 6.54 Å². The van der Waals surface area contributed by atoms with E-state index in [4.69, 9.17) is 0 Å². The molecule has 0 fully saturated rings. The molecular formula is C18H30BrNO. The summed E-state index contributed by atoms with van der Waals surface area (Å²) in [6, 6.07) is 10.5. The number of aliphatic hydroxyl groups is 1. The maximum atomic E-state index is 9.19. The number of unbranched alkanes of at least 4 members (excludes halogenated alkanes) is 6. The van der Waals surface area contributed by atoms with Gasteiger partial charge < -0.3 is 5.11 Å². The molecule has 0 heterocycles. The third-order valence-electron chi connectivity index (χ3n) is 3.77. The molecule has 0 bridgehead atoms. The van der Waals surface area contributed by atoms with Crippen LogP contribution in [0.4, 0.5) is 0 Å². The molecule has 0 aliphatic heterocycles. The second-order valence-corrected chi connectivity index (χ2v) is 6.44. The summed E-state index contributed by atoms with van der Waals surface area (Å²) >= 11 is 3.48. The van der Waals surface area contributed by atoms with Crippen molar-refractivity contribution in [1.82, 2.24) is 4.90 Å². The van der Waals surface area contributed by atoms with Gasteiger partial charge in [-0.25, -0.2) is 0 Å². The Morgan fingerprint density at radius 3 is 2.05 bits per heavy atom. The number of nitrogens with zero attached hydrogens (tertiary/aromatic N) is 1. The Morgan fingerprint density at radius 1 is 0.810 bits per heavy atom. The molecule has 0 saturated heterocycles. The Labute approximate surface area is 138 Å². The van der Waals surface area contributed by atoms with E-state index >= 15 is 0 Å². The molecular weight excluding hydrogens is 326 g/mol. The Kier molecular flexibility index (Phi) is 11.8. The van der Waals surface area contributed by atoms with Gasteiger partial charge in [0, 0.05) is 18.4 Å². The normalized spacial score (nSPS) is 11.2. The van der Waals surface area contributed by atoms with Crippen LogP contribution >= 0.6 is 15.9 Å². The highest BCUT2D eigenvalue weighted by Crippen LogP contribution is 2.10. The van der Waals surface area contributed by atoms with E-state index in [0.717, 1.165) is 25.0 Å². The summed E-state index contributed by atoms with van der Waals surface area (Å²) in [5, 5.41) is 10.3. The van der Waals surface area contributed by atoms with E-state index in [0.29, 0.717) is 0 Å². The van der Waals surface area contributed by atoms with Gasteiger partial charge in [-0.05, 0) is 24.9 Å². The quantitative estimate of drug-likeness (QED) is 0.412. The summed E-state index contributed by atoms with van der Waals surface area (Å²) in [6.45, 7) is 3.07. The molecule has 2 nitrogen and oxygen atoms in total. The van der Waals surface area contributed by atoms with Gasteiger partial charge in [0.05, 0.1) is 6.61 Å². The molecule has 21 heavy (non-hydrogen) atoms. The second kappa shape index (κ2) is 13.3. The number of hydrogen-bond acceptors (Lipinski definition) is 2. The van der Waals surface area contributed by atoms with Crippen molar-refractivity contribution in [2.24, 2.45) is 0 Å². The molecule has 120 valence electrons. The minimum atomic E-state index is 0.249. The van der Waals surface area contributed by atoms with Gasteiger partial charge in [-0.3, -0.25) is 4.90 Å². The molecule has 0 aliphatic carbocycles. The molecule has 0 aromatic heterocycles. The van der Waals surface area contributed by atoms with Crippen LogP contribution in [0.5, 0.6) is 0 Å². The Balaban J connectivity index is 2.11. The van der Waals surface area contributed by atoms with Crippen LogP contribution in [0.15, 0.2) is 30.3 Å². The fraction of sp³-hybridized carbons (Fsp3) is 0.667. The molecule has 0 saturated carbocycles. The smallest absolute Gasteiger partial charge is 0.0558 e. The molecule has 1 aromatic rings. The average Bonchev–Trinajstić information content (AvgIpc) is 2.51. The first kappa shape index (κ1) is 18.7. The van der Waals surface area contributed by atoms with Crippen molar-refractivity contribution in [2.45, 2.75) is 51.5 Å². The Morgan fingerprint density at radius 2 is 1.43 bits per heavy atom. The average molecular weight is 356 g/mol. The molecule has 0 aliphatic rings. The second-order valence-electron chi connectivity index (χ2n) is 5.65. The van der Waals surface area contributed by atoms with Gasteiger partial charge in [0.15, 0.2) is 0 Å². The van der Waals surface area contributed by atoms with Gasteiger partial charge in [-0.2, -0.15) is 0 Å². The van der Waals surface area contributed by atoms with E-state index in [1.807, 2.05) is 0 Å². The largest absolute Gasteiger partial charge is 0.395 e. The van der Waals surface area contributed by atoms with E-state index in [1.54, 1.807) is 0 Å². The Hall–Kier alpha value is -0.380. The van der Waals surface area contributed by atoms with Crippen molar-refractivity contribution in [3.05, 3.63) is 35.9 Å². The van der Waals surface area contributed by atoms with Crippen LogP contribution in [0, 0.1) is 0 Å². The van der Waals surface area contributed by atoms with E-state index in [2.05, 4.69) is 51.2 Å². The summed E-state index contributed by atoms with van der Waals surface area (Å²) in [4.78, 5) is 2.36. The highest BCUT2D eigenvalue weighted by molar-refractivity contribution is 9.09. The van der Waals surface area contributed by atoms with Crippen LogP contribution in [0.1, 0.15) is 50.5 Å². The molecule has 0 radical (unpaired) electrons. The van der Waals surface area contributed by atoms with Crippen molar-refractivity contribution in [1.29, 1.82) is 0 Å². The molecule has 1 aromatic carbocycles. The fourth-order valence-corrected chi connectivity index (χ4v) is 2.96. The van der Waals surface area contributed by atoms with Gasteiger partial charge in [0.2, 0.25) is 0 Å². The monoisotopic (exact) mass is 355 g/mol. The minimum Gasteiger partial charge on any atom is -0.395 e. The maximum absolute atomic E-state index is 9.19. The molecule has 0 spiro atoms. The van der Waals surface area contributed by atoms with Crippen molar-refractivity contribution >= 4 is 15.9 Å². The van der Waals surface area contributed by atoms with Gasteiger partial charge in [0.1, 0.15) is 0 Å². The van der Waals surface area contributed by atoms with E-state index < -0.39 is 0 Å². The fourth-order valence-electron chi connectivity index (χ4n) is 2.57. The van der Waals surface area contributed by atoms with Gasteiger partial charge in [-0.15, -0.1) is 0 Å².